The fourth-order valence-corrected chi connectivity index (χ4v) is 2.11. The molecular formula is C12H16N2OS2. The van der Waals surface area contributed by atoms with Gasteiger partial charge < -0.3 is 11.1 Å². The van der Waals surface area contributed by atoms with Crippen molar-refractivity contribution in [3.63, 3.8) is 0 Å². The number of rotatable bonds is 5. The van der Waals surface area contributed by atoms with Gasteiger partial charge in [0.1, 0.15) is 0 Å². The average Bonchev–Trinajstić information content (AvgIpc) is 2.23. The van der Waals surface area contributed by atoms with E-state index >= 15 is 0 Å². The molecule has 0 aliphatic carbocycles. The molecule has 0 unspecified atom stereocenters. The van der Waals surface area contributed by atoms with E-state index in [2.05, 4.69) is 5.32 Å². The third kappa shape index (κ3) is 5.19. The summed E-state index contributed by atoms with van der Waals surface area (Å²) in [5.41, 5.74) is 8.41. The van der Waals surface area contributed by atoms with Crippen LogP contribution in [0, 0.1) is 13.8 Å². The lowest BCUT2D eigenvalue weighted by Crippen LogP contribution is -2.17. The van der Waals surface area contributed by atoms with E-state index in [4.69, 9.17) is 18.0 Å². The molecule has 3 nitrogen and oxygen atoms in total. The zero-order valence-electron chi connectivity index (χ0n) is 9.95. The number of carbonyl (C=O) groups excluding carboxylic acids is 1. The second kappa shape index (κ2) is 6.61. The van der Waals surface area contributed by atoms with Crippen LogP contribution in [0.2, 0.25) is 0 Å². The minimum absolute atomic E-state index is 0.0278. The molecule has 1 aromatic rings. The first-order chi connectivity index (χ1) is 7.99. The highest BCUT2D eigenvalue weighted by Gasteiger charge is 2.05. The Labute approximate surface area is 111 Å². The van der Waals surface area contributed by atoms with Gasteiger partial charge in [-0.05, 0) is 31.0 Å². The number of nitrogens with one attached hydrogen (secondary N) is 1. The average molecular weight is 268 g/mol. The van der Waals surface area contributed by atoms with Crippen molar-refractivity contribution in [2.45, 2.75) is 13.8 Å². The molecular weight excluding hydrogens is 252 g/mol. The molecule has 17 heavy (non-hydrogen) atoms. The Balaban J connectivity index is 2.50. The van der Waals surface area contributed by atoms with Crippen LogP contribution in [0.4, 0.5) is 5.69 Å². The molecule has 92 valence electrons. The molecule has 0 bridgehead atoms. The first kappa shape index (κ1) is 14.0. The summed E-state index contributed by atoms with van der Waals surface area (Å²) in [4.78, 5) is 12.1. The molecule has 3 N–H and O–H groups in total. The Hall–Kier alpha value is -1.07. The van der Waals surface area contributed by atoms with Crippen LogP contribution in [-0.4, -0.2) is 22.4 Å². The van der Waals surface area contributed by atoms with Gasteiger partial charge in [-0.2, -0.15) is 0 Å². The van der Waals surface area contributed by atoms with E-state index in [9.17, 15) is 4.79 Å². The number of thiocarbonyl (C=S) groups is 1. The van der Waals surface area contributed by atoms with Crippen molar-refractivity contribution in [1.29, 1.82) is 0 Å². The standard InChI is InChI=1S/C12H16N2OS2/c1-8-3-4-9(2)10(5-8)14-12(15)7-17-6-11(13)16/h3-5H,6-7H2,1-2H3,(H2,13,16)(H,14,15). The Kier molecular flexibility index (Phi) is 5.44. The molecule has 0 aliphatic rings. The number of benzene rings is 1. The van der Waals surface area contributed by atoms with Crippen molar-refractivity contribution in [3.8, 4) is 0 Å². The van der Waals surface area contributed by atoms with E-state index in [0.29, 0.717) is 16.5 Å². The number of carbonyl (C=O) groups is 1. The first-order valence-electron chi connectivity index (χ1n) is 5.22. The molecule has 5 heteroatoms. The fraction of sp³-hybridized carbons (Fsp3) is 0.333. The second-order valence-corrected chi connectivity index (χ2v) is 5.34. The number of hydrogen-bond donors (Lipinski definition) is 2. The van der Waals surface area contributed by atoms with Crippen molar-refractivity contribution < 1.29 is 4.79 Å². The molecule has 0 saturated carbocycles. The summed E-state index contributed by atoms with van der Waals surface area (Å²) in [6, 6.07) is 5.98. The van der Waals surface area contributed by atoms with E-state index in [1.807, 2.05) is 32.0 Å². The quantitative estimate of drug-likeness (QED) is 0.804. The van der Waals surface area contributed by atoms with Gasteiger partial charge in [0.25, 0.3) is 0 Å². The zero-order valence-corrected chi connectivity index (χ0v) is 11.6. The number of thioether (sulfide) groups is 1. The van der Waals surface area contributed by atoms with E-state index in [-0.39, 0.29) is 5.91 Å². The smallest absolute Gasteiger partial charge is 0.234 e. The van der Waals surface area contributed by atoms with Crippen LogP contribution in [0.1, 0.15) is 11.1 Å². The Morgan fingerprint density at radius 1 is 1.41 bits per heavy atom. The predicted molar refractivity (Wildman–Crippen MR) is 78.7 cm³/mol. The molecule has 0 aromatic heterocycles. The molecule has 0 fully saturated rings. The van der Waals surface area contributed by atoms with Crippen LogP contribution >= 0.6 is 24.0 Å². The summed E-state index contributed by atoms with van der Waals surface area (Å²) in [5.74, 6) is 0.875. The van der Waals surface area contributed by atoms with Crippen molar-refractivity contribution in [1.82, 2.24) is 0 Å². The maximum Gasteiger partial charge on any atom is 0.234 e. The number of amides is 1. The summed E-state index contributed by atoms with van der Waals surface area (Å²) < 4.78 is 0. The monoisotopic (exact) mass is 268 g/mol. The van der Waals surface area contributed by atoms with Crippen LogP contribution in [-0.2, 0) is 4.79 Å². The molecule has 0 spiro atoms. The van der Waals surface area contributed by atoms with E-state index < -0.39 is 0 Å². The minimum Gasteiger partial charge on any atom is -0.393 e. The van der Waals surface area contributed by atoms with Gasteiger partial charge in [-0.3, -0.25) is 4.79 Å². The van der Waals surface area contributed by atoms with Crippen molar-refractivity contribution in [3.05, 3.63) is 29.3 Å². The van der Waals surface area contributed by atoms with Crippen molar-refractivity contribution in [2.75, 3.05) is 16.8 Å². The lowest BCUT2D eigenvalue weighted by atomic mass is 10.1. The van der Waals surface area contributed by atoms with Crippen LogP contribution in [0.25, 0.3) is 0 Å². The Morgan fingerprint density at radius 3 is 2.76 bits per heavy atom. The van der Waals surface area contributed by atoms with Gasteiger partial charge in [-0.15, -0.1) is 11.8 Å². The SMILES string of the molecule is Cc1ccc(C)c(NC(=O)CSCC(N)=S)c1. The number of hydrogen-bond acceptors (Lipinski definition) is 3. The van der Waals surface area contributed by atoms with Gasteiger partial charge >= 0.3 is 0 Å². The van der Waals surface area contributed by atoms with Gasteiger partial charge in [0.05, 0.1) is 10.7 Å². The van der Waals surface area contributed by atoms with Crippen LogP contribution in [0.5, 0.6) is 0 Å². The molecule has 1 aromatic carbocycles. The van der Waals surface area contributed by atoms with E-state index in [1.165, 1.54) is 11.8 Å². The Morgan fingerprint density at radius 2 is 2.12 bits per heavy atom. The second-order valence-electron chi connectivity index (χ2n) is 3.83. The van der Waals surface area contributed by atoms with Crippen LogP contribution in [0.15, 0.2) is 18.2 Å². The van der Waals surface area contributed by atoms with Gasteiger partial charge in [0, 0.05) is 11.4 Å². The number of nitrogens with two attached hydrogens (primary N) is 1. The summed E-state index contributed by atoms with van der Waals surface area (Å²) >= 11 is 6.16. The largest absolute Gasteiger partial charge is 0.393 e. The molecule has 0 atom stereocenters. The molecule has 0 radical (unpaired) electrons. The minimum atomic E-state index is -0.0278. The highest BCUT2D eigenvalue weighted by Crippen LogP contribution is 2.16. The lowest BCUT2D eigenvalue weighted by Gasteiger charge is -2.09. The van der Waals surface area contributed by atoms with Gasteiger partial charge in [0.15, 0.2) is 0 Å². The maximum atomic E-state index is 11.6. The summed E-state index contributed by atoms with van der Waals surface area (Å²) in [6.45, 7) is 3.97. The molecule has 0 aliphatic heterocycles. The molecule has 1 rings (SSSR count). The van der Waals surface area contributed by atoms with Gasteiger partial charge in [0.2, 0.25) is 5.91 Å². The third-order valence-corrected chi connectivity index (χ3v) is 3.45. The fourth-order valence-electron chi connectivity index (χ4n) is 1.30. The number of anilines is 1. The van der Waals surface area contributed by atoms with E-state index in [1.54, 1.807) is 0 Å². The summed E-state index contributed by atoms with van der Waals surface area (Å²) in [6.07, 6.45) is 0. The van der Waals surface area contributed by atoms with Crippen molar-refractivity contribution in [2.24, 2.45) is 5.73 Å². The maximum absolute atomic E-state index is 11.6. The van der Waals surface area contributed by atoms with Gasteiger partial charge in [-0.1, -0.05) is 24.4 Å². The normalized spacial score (nSPS) is 10.0. The molecule has 0 saturated heterocycles. The van der Waals surface area contributed by atoms with E-state index in [0.717, 1.165) is 16.8 Å². The summed E-state index contributed by atoms with van der Waals surface area (Å²) in [5, 5.41) is 2.88. The highest BCUT2D eigenvalue weighted by molar-refractivity contribution is 8.01. The lowest BCUT2D eigenvalue weighted by molar-refractivity contribution is -0.113. The topological polar surface area (TPSA) is 55.1 Å². The summed E-state index contributed by atoms with van der Waals surface area (Å²) in [7, 11) is 0. The molecule has 1 amide bonds. The third-order valence-electron chi connectivity index (χ3n) is 2.14. The van der Waals surface area contributed by atoms with Crippen LogP contribution in [0.3, 0.4) is 0 Å². The van der Waals surface area contributed by atoms with Crippen molar-refractivity contribution >= 4 is 40.6 Å². The van der Waals surface area contributed by atoms with Gasteiger partial charge in [-0.25, -0.2) is 0 Å². The zero-order chi connectivity index (χ0) is 12.8. The molecule has 0 heterocycles. The predicted octanol–water partition coefficient (Wildman–Crippen LogP) is 2.26. The first-order valence-corrected chi connectivity index (χ1v) is 6.78. The Bertz CT molecular complexity index is 433. The number of aryl methyl sites for hydroxylation is 2. The highest BCUT2D eigenvalue weighted by atomic mass is 32.2. The van der Waals surface area contributed by atoms with Crippen LogP contribution < -0.4 is 11.1 Å².